The number of carbonyl (C=O) groups is 1. The minimum atomic E-state index is -0.293. The van der Waals surface area contributed by atoms with Crippen LogP contribution in [0.3, 0.4) is 0 Å². The highest BCUT2D eigenvalue weighted by Crippen LogP contribution is 2.10. The molecule has 0 aromatic carbocycles. The Morgan fingerprint density at radius 3 is 2.58 bits per heavy atom. The molecule has 68 valence electrons. The molecular weight excluding hydrogens is 154 g/mol. The number of nitrogens with one attached hydrogen (secondary N) is 1. The molecule has 0 unspecified atom stereocenters. The fraction of sp³-hybridized carbons (Fsp3) is 0.667. The summed E-state index contributed by atoms with van der Waals surface area (Å²) in [5.74, 6) is 4.57. The van der Waals surface area contributed by atoms with Crippen LogP contribution >= 0.6 is 0 Å². The largest absolute Gasteiger partial charge is 0.396 e. The molecule has 0 saturated heterocycles. The van der Waals surface area contributed by atoms with Crippen molar-refractivity contribution in [1.82, 2.24) is 5.32 Å². The van der Waals surface area contributed by atoms with E-state index in [1.54, 1.807) is 6.92 Å². The van der Waals surface area contributed by atoms with Gasteiger partial charge in [-0.05, 0) is 12.8 Å². The highest BCUT2D eigenvalue weighted by atomic mass is 16.3. The lowest BCUT2D eigenvalue weighted by Crippen LogP contribution is -2.35. The summed E-state index contributed by atoms with van der Waals surface area (Å²) in [5, 5.41) is 11.5. The van der Waals surface area contributed by atoms with Crippen LogP contribution in [0.2, 0.25) is 0 Å². The number of amides is 1. The van der Waals surface area contributed by atoms with E-state index in [-0.39, 0.29) is 17.9 Å². The molecule has 0 heterocycles. The Hall–Kier alpha value is -1.01. The molecule has 0 spiro atoms. The van der Waals surface area contributed by atoms with Crippen molar-refractivity contribution >= 4 is 5.91 Å². The molecule has 0 bridgehead atoms. The second-order valence-corrected chi connectivity index (χ2v) is 3.38. The van der Waals surface area contributed by atoms with Crippen molar-refractivity contribution in [1.29, 1.82) is 0 Å². The lowest BCUT2D eigenvalue weighted by atomic mass is 9.95. The Kier molecular flexibility index (Phi) is 4.38. The molecule has 0 aromatic rings. The first kappa shape index (κ1) is 11.0. The summed E-state index contributed by atoms with van der Waals surface area (Å²) in [5.41, 5.74) is -0.273. The van der Waals surface area contributed by atoms with Gasteiger partial charge in [0.25, 0.3) is 5.91 Å². The number of hydrogen-bond acceptors (Lipinski definition) is 2. The number of carbonyl (C=O) groups excluding carboxylic acids is 1. The topological polar surface area (TPSA) is 49.3 Å². The molecule has 0 saturated carbocycles. The Morgan fingerprint density at radius 1 is 1.58 bits per heavy atom. The summed E-state index contributed by atoms with van der Waals surface area (Å²) in [7, 11) is 0. The summed E-state index contributed by atoms with van der Waals surface area (Å²) in [6.07, 6.45) is 0. The Labute approximate surface area is 73.2 Å². The SMILES string of the molecule is CC#CC(=O)NCC(C)(C)CO. The van der Waals surface area contributed by atoms with Crippen molar-refractivity contribution in [3.63, 3.8) is 0 Å². The third kappa shape index (κ3) is 4.75. The average molecular weight is 169 g/mol. The molecule has 2 N–H and O–H groups in total. The predicted molar refractivity (Wildman–Crippen MR) is 47.3 cm³/mol. The van der Waals surface area contributed by atoms with Gasteiger partial charge in [-0.3, -0.25) is 4.79 Å². The first-order valence-electron chi connectivity index (χ1n) is 3.83. The maximum absolute atomic E-state index is 10.8. The molecule has 0 rings (SSSR count). The molecule has 1 amide bonds. The predicted octanol–water partition coefficient (Wildman–Crippen LogP) is 0.144. The minimum absolute atomic E-state index is 0.0484. The van der Waals surface area contributed by atoms with Gasteiger partial charge in [0, 0.05) is 18.6 Å². The molecule has 0 radical (unpaired) electrons. The highest BCUT2D eigenvalue weighted by Gasteiger charge is 2.16. The maximum Gasteiger partial charge on any atom is 0.295 e. The van der Waals surface area contributed by atoms with Crippen LogP contribution in [0.15, 0.2) is 0 Å². The molecule has 12 heavy (non-hydrogen) atoms. The molecule has 3 nitrogen and oxygen atoms in total. The number of rotatable bonds is 3. The van der Waals surface area contributed by atoms with Crippen LogP contribution in [0.1, 0.15) is 20.8 Å². The maximum atomic E-state index is 10.8. The van der Waals surface area contributed by atoms with E-state index in [0.29, 0.717) is 6.54 Å². The molecule has 3 heteroatoms. The van der Waals surface area contributed by atoms with Gasteiger partial charge in [0.1, 0.15) is 0 Å². The number of aliphatic hydroxyl groups excluding tert-OH is 1. The molecular formula is C9H15NO2. The summed E-state index contributed by atoms with van der Waals surface area (Å²) in [6.45, 7) is 5.83. The Bertz CT molecular complexity index is 210. The fourth-order valence-electron chi connectivity index (χ4n) is 0.533. The summed E-state index contributed by atoms with van der Waals surface area (Å²) in [6, 6.07) is 0. The fourth-order valence-corrected chi connectivity index (χ4v) is 0.533. The van der Waals surface area contributed by atoms with E-state index >= 15 is 0 Å². The molecule has 0 aromatic heterocycles. The Balaban J connectivity index is 3.80. The van der Waals surface area contributed by atoms with Crippen molar-refractivity contribution in [2.24, 2.45) is 5.41 Å². The van der Waals surface area contributed by atoms with Gasteiger partial charge in [0.05, 0.1) is 0 Å². The van der Waals surface area contributed by atoms with E-state index in [2.05, 4.69) is 17.2 Å². The van der Waals surface area contributed by atoms with Gasteiger partial charge in [-0.15, -0.1) is 0 Å². The zero-order chi connectivity index (χ0) is 9.61. The van der Waals surface area contributed by atoms with Crippen molar-refractivity contribution < 1.29 is 9.90 Å². The number of hydrogen-bond donors (Lipinski definition) is 2. The van der Waals surface area contributed by atoms with Crippen molar-refractivity contribution in [2.75, 3.05) is 13.2 Å². The van der Waals surface area contributed by atoms with Crippen molar-refractivity contribution in [2.45, 2.75) is 20.8 Å². The summed E-state index contributed by atoms with van der Waals surface area (Å²) < 4.78 is 0. The standard InChI is InChI=1S/C9H15NO2/c1-4-5-8(12)10-6-9(2,3)7-11/h11H,6-7H2,1-3H3,(H,10,12). The van der Waals surface area contributed by atoms with E-state index in [0.717, 1.165) is 0 Å². The van der Waals surface area contributed by atoms with Crippen LogP contribution in [0.25, 0.3) is 0 Å². The summed E-state index contributed by atoms with van der Waals surface area (Å²) in [4.78, 5) is 10.8. The second-order valence-electron chi connectivity index (χ2n) is 3.38. The Morgan fingerprint density at radius 2 is 2.17 bits per heavy atom. The smallest absolute Gasteiger partial charge is 0.295 e. The van der Waals surface area contributed by atoms with Crippen molar-refractivity contribution in [3.05, 3.63) is 0 Å². The third-order valence-corrected chi connectivity index (χ3v) is 1.39. The van der Waals surface area contributed by atoms with Gasteiger partial charge >= 0.3 is 0 Å². The van der Waals surface area contributed by atoms with E-state index in [9.17, 15) is 4.79 Å². The van der Waals surface area contributed by atoms with Gasteiger partial charge in [-0.25, -0.2) is 0 Å². The first-order chi connectivity index (χ1) is 5.52. The van der Waals surface area contributed by atoms with Gasteiger partial charge in [-0.2, -0.15) is 0 Å². The quantitative estimate of drug-likeness (QED) is 0.591. The van der Waals surface area contributed by atoms with Gasteiger partial charge in [0.15, 0.2) is 0 Å². The normalized spacial score (nSPS) is 10.0. The van der Waals surface area contributed by atoms with E-state index < -0.39 is 0 Å². The average Bonchev–Trinajstić information content (AvgIpc) is 2.02. The molecule has 0 aliphatic heterocycles. The highest BCUT2D eigenvalue weighted by molar-refractivity contribution is 5.93. The first-order valence-corrected chi connectivity index (χ1v) is 3.83. The van der Waals surface area contributed by atoms with Crippen LogP contribution in [0.4, 0.5) is 0 Å². The van der Waals surface area contributed by atoms with Crippen LogP contribution in [0, 0.1) is 17.3 Å². The van der Waals surface area contributed by atoms with E-state index in [4.69, 9.17) is 5.11 Å². The lowest BCUT2D eigenvalue weighted by Gasteiger charge is -2.20. The minimum Gasteiger partial charge on any atom is -0.396 e. The lowest BCUT2D eigenvalue weighted by molar-refractivity contribution is -0.116. The van der Waals surface area contributed by atoms with Crippen LogP contribution in [-0.4, -0.2) is 24.2 Å². The van der Waals surface area contributed by atoms with Crippen LogP contribution in [0.5, 0.6) is 0 Å². The number of aliphatic hydroxyl groups is 1. The van der Waals surface area contributed by atoms with E-state index in [1.165, 1.54) is 0 Å². The van der Waals surface area contributed by atoms with E-state index in [1.807, 2.05) is 13.8 Å². The van der Waals surface area contributed by atoms with Crippen molar-refractivity contribution in [3.8, 4) is 11.8 Å². The monoisotopic (exact) mass is 169 g/mol. The van der Waals surface area contributed by atoms with Gasteiger partial charge < -0.3 is 10.4 Å². The van der Waals surface area contributed by atoms with Gasteiger partial charge in [0.2, 0.25) is 0 Å². The molecule has 0 atom stereocenters. The molecule has 0 fully saturated rings. The molecule has 0 aliphatic carbocycles. The zero-order valence-corrected chi connectivity index (χ0v) is 7.77. The van der Waals surface area contributed by atoms with Crippen LogP contribution in [-0.2, 0) is 4.79 Å². The van der Waals surface area contributed by atoms with Crippen LogP contribution < -0.4 is 5.32 Å². The second kappa shape index (κ2) is 4.78. The third-order valence-electron chi connectivity index (χ3n) is 1.39. The molecule has 0 aliphatic rings. The zero-order valence-electron chi connectivity index (χ0n) is 7.77. The van der Waals surface area contributed by atoms with Gasteiger partial charge in [-0.1, -0.05) is 19.8 Å². The summed E-state index contributed by atoms with van der Waals surface area (Å²) >= 11 is 0.